The van der Waals surface area contributed by atoms with Crippen LogP contribution >= 0.6 is 0 Å². The van der Waals surface area contributed by atoms with Crippen molar-refractivity contribution < 1.29 is 9.47 Å². The molecule has 1 fully saturated rings. The Balaban J connectivity index is 1.55. The molecular formula is C20H25N5O2. The smallest absolute Gasteiger partial charge is 0.177 e. The first-order chi connectivity index (χ1) is 13.3. The van der Waals surface area contributed by atoms with Crippen LogP contribution in [0.15, 0.2) is 36.4 Å². The molecule has 0 saturated carbocycles. The Labute approximate surface area is 158 Å². The molecule has 0 unspecified atom stereocenters. The Morgan fingerprint density at radius 3 is 2.48 bits per heavy atom. The van der Waals surface area contributed by atoms with E-state index in [0.717, 1.165) is 67.6 Å². The second kappa shape index (κ2) is 8.02. The number of hydrogen-bond acceptors (Lipinski definition) is 6. The summed E-state index contributed by atoms with van der Waals surface area (Å²) in [6.07, 6.45) is 2.14. The lowest BCUT2D eigenvalue weighted by Gasteiger charge is -2.30. The van der Waals surface area contributed by atoms with E-state index in [1.165, 1.54) is 0 Å². The fourth-order valence-electron chi connectivity index (χ4n) is 3.61. The third kappa shape index (κ3) is 3.79. The van der Waals surface area contributed by atoms with Crippen LogP contribution in [-0.4, -0.2) is 65.2 Å². The minimum Gasteiger partial charge on any atom is -0.497 e. The van der Waals surface area contributed by atoms with Crippen molar-refractivity contribution in [1.29, 1.82) is 0 Å². The van der Waals surface area contributed by atoms with Crippen LogP contribution in [0, 0.1) is 0 Å². The molecule has 1 aliphatic heterocycles. The zero-order chi connectivity index (χ0) is 18.6. The van der Waals surface area contributed by atoms with Crippen molar-refractivity contribution in [3.63, 3.8) is 0 Å². The first-order valence-electron chi connectivity index (χ1n) is 9.36. The predicted molar refractivity (Wildman–Crippen MR) is 103 cm³/mol. The van der Waals surface area contributed by atoms with Crippen molar-refractivity contribution in [2.45, 2.75) is 18.8 Å². The summed E-state index contributed by atoms with van der Waals surface area (Å²) < 4.78 is 12.3. The van der Waals surface area contributed by atoms with Gasteiger partial charge in [0.15, 0.2) is 11.5 Å². The van der Waals surface area contributed by atoms with E-state index in [4.69, 9.17) is 14.6 Å². The highest BCUT2D eigenvalue weighted by molar-refractivity contribution is 5.61. The molecule has 7 heteroatoms. The number of piperidine rings is 1. The van der Waals surface area contributed by atoms with Gasteiger partial charge in [0, 0.05) is 25.1 Å². The van der Waals surface area contributed by atoms with Crippen LogP contribution in [0.4, 0.5) is 0 Å². The number of rotatable bonds is 6. The second-order valence-electron chi connectivity index (χ2n) is 6.88. The van der Waals surface area contributed by atoms with Crippen molar-refractivity contribution in [1.82, 2.24) is 24.7 Å². The molecule has 0 N–H and O–H groups in total. The van der Waals surface area contributed by atoms with Gasteiger partial charge in [-0.2, -0.15) is 9.61 Å². The average molecular weight is 367 g/mol. The number of methoxy groups -OCH3 is 2. The minimum atomic E-state index is 0.386. The van der Waals surface area contributed by atoms with Gasteiger partial charge in [0.2, 0.25) is 0 Å². The van der Waals surface area contributed by atoms with Gasteiger partial charge in [-0.25, -0.2) is 0 Å². The van der Waals surface area contributed by atoms with Gasteiger partial charge >= 0.3 is 0 Å². The molecule has 4 rings (SSSR count). The van der Waals surface area contributed by atoms with E-state index < -0.39 is 0 Å². The maximum atomic E-state index is 5.24. The van der Waals surface area contributed by atoms with Gasteiger partial charge < -0.3 is 14.4 Å². The van der Waals surface area contributed by atoms with Crippen molar-refractivity contribution in [3.05, 3.63) is 42.2 Å². The summed E-state index contributed by atoms with van der Waals surface area (Å²) in [7, 11) is 3.42. The summed E-state index contributed by atoms with van der Waals surface area (Å²) in [6.45, 7) is 3.89. The molecule has 3 heterocycles. The zero-order valence-electron chi connectivity index (χ0n) is 15.8. The summed E-state index contributed by atoms with van der Waals surface area (Å²) >= 11 is 0. The number of benzene rings is 1. The van der Waals surface area contributed by atoms with Crippen LogP contribution < -0.4 is 4.74 Å². The van der Waals surface area contributed by atoms with E-state index in [1.807, 2.05) is 40.9 Å². The molecule has 0 spiro atoms. The molecule has 0 atom stereocenters. The minimum absolute atomic E-state index is 0.386. The van der Waals surface area contributed by atoms with Gasteiger partial charge in [0.25, 0.3) is 0 Å². The largest absolute Gasteiger partial charge is 0.497 e. The molecular weight excluding hydrogens is 342 g/mol. The predicted octanol–water partition coefficient (Wildman–Crippen LogP) is 2.63. The normalized spacial score (nSPS) is 16.1. The molecule has 3 aromatic rings. The van der Waals surface area contributed by atoms with Crippen molar-refractivity contribution >= 4 is 5.65 Å². The summed E-state index contributed by atoms with van der Waals surface area (Å²) in [6, 6.07) is 11.9. The Bertz CT molecular complexity index is 885. The summed E-state index contributed by atoms with van der Waals surface area (Å²) in [5.41, 5.74) is 2.75. The molecule has 0 aliphatic carbocycles. The molecule has 1 aromatic carbocycles. The van der Waals surface area contributed by atoms with E-state index in [0.29, 0.717) is 5.92 Å². The third-order valence-electron chi connectivity index (χ3n) is 5.24. The average Bonchev–Trinajstić information content (AvgIpc) is 3.16. The van der Waals surface area contributed by atoms with Gasteiger partial charge in [0.05, 0.1) is 19.4 Å². The molecule has 142 valence electrons. The van der Waals surface area contributed by atoms with Gasteiger partial charge in [-0.15, -0.1) is 10.2 Å². The Morgan fingerprint density at radius 1 is 1.00 bits per heavy atom. The van der Waals surface area contributed by atoms with Crippen LogP contribution in [-0.2, 0) is 4.74 Å². The topological polar surface area (TPSA) is 64.8 Å². The molecule has 7 nitrogen and oxygen atoms in total. The van der Waals surface area contributed by atoms with Crippen molar-refractivity contribution in [2.24, 2.45) is 0 Å². The van der Waals surface area contributed by atoms with E-state index in [2.05, 4.69) is 15.1 Å². The number of nitrogens with zero attached hydrogens (tertiary/aromatic N) is 5. The molecule has 27 heavy (non-hydrogen) atoms. The highest BCUT2D eigenvalue weighted by Crippen LogP contribution is 2.27. The summed E-state index contributed by atoms with van der Waals surface area (Å²) in [5, 5.41) is 13.6. The fourth-order valence-corrected chi connectivity index (χ4v) is 3.61. The Morgan fingerprint density at radius 2 is 1.78 bits per heavy atom. The lowest BCUT2D eigenvalue weighted by Crippen LogP contribution is -2.35. The van der Waals surface area contributed by atoms with Gasteiger partial charge in [-0.05, 0) is 62.3 Å². The number of fused-ring (bicyclic) bond motifs is 1. The molecule has 1 saturated heterocycles. The number of likely N-dealkylation sites (tertiary alicyclic amines) is 1. The lowest BCUT2D eigenvalue weighted by molar-refractivity contribution is 0.129. The van der Waals surface area contributed by atoms with E-state index in [9.17, 15) is 0 Å². The maximum Gasteiger partial charge on any atom is 0.177 e. The van der Waals surface area contributed by atoms with Crippen molar-refractivity contribution in [3.8, 4) is 17.0 Å². The Kier molecular flexibility index (Phi) is 5.31. The molecule has 2 aromatic heterocycles. The lowest BCUT2D eigenvalue weighted by atomic mass is 9.96. The summed E-state index contributed by atoms with van der Waals surface area (Å²) in [4.78, 5) is 2.44. The first kappa shape index (κ1) is 17.9. The van der Waals surface area contributed by atoms with Crippen LogP contribution in [0.5, 0.6) is 5.75 Å². The zero-order valence-corrected chi connectivity index (χ0v) is 15.8. The highest BCUT2D eigenvalue weighted by Gasteiger charge is 2.25. The van der Waals surface area contributed by atoms with E-state index in [-0.39, 0.29) is 0 Å². The van der Waals surface area contributed by atoms with Crippen LogP contribution in [0.3, 0.4) is 0 Å². The molecule has 0 bridgehead atoms. The summed E-state index contributed by atoms with van der Waals surface area (Å²) in [5.74, 6) is 2.19. The van der Waals surface area contributed by atoms with Crippen LogP contribution in [0.25, 0.3) is 16.9 Å². The fraction of sp³-hybridized carbons (Fsp3) is 0.450. The first-order valence-corrected chi connectivity index (χ1v) is 9.36. The molecule has 0 radical (unpaired) electrons. The van der Waals surface area contributed by atoms with Gasteiger partial charge in [0.1, 0.15) is 5.75 Å². The van der Waals surface area contributed by atoms with Crippen molar-refractivity contribution in [2.75, 3.05) is 40.5 Å². The maximum absolute atomic E-state index is 5.24. The van der Waals surface area contributed by atoms with Gasteiger partial charge in [-0.3, -0.25) is 0 Å². The number of hydrogen-bond donors (Lipinski definition) is 0. The third-order valence-corrected chi connectivity index (χ3v) is 5.24. The highest BCUT2D eigenvalue weighted by atomic mass is 16.5. The van der Waals surface area contributed by atoms with E-state index in [1.54, 1.807) is 14.2 Å². The second-order valence-corrected chi connectivity index (χ2v) is 6.88. The van der Waals surface area contributed by atoms with Gasteiger partial charge in [-0.1, -0.05) is 0 Å². The standard InChI is InChI=1S/C20H25N5O2/c1-26-14-13-24-11-9-16(10-12-24)20-22-21-19-8-7-18(23-25(19)20)15-3-5-17(27-2)6-4-15/h3-8,16H,9-14H2,1-2H3. The van der Waals surface area contributed by atoms with Crippen LogP contribution in [0.1, 0.15) is 24.6 Å². The monoisotopic (exact) mass is 367 g/mol. The molecule has 0 amide bonds. The Hall–Kier alpha value is -2.51. The van der Waals surface area contributed by atoms with Crippen LogP contribution in [0.2, 0.25) is 0 Å². The SMILES string of the molecule is COCCN1CCC(c2nnc3ccc(-c4ccc(OC)cc4)nn23)CC1. The van der Waals surface area contributed by atoms with E-state index >= 15 is 0 Å². The quantitative estimate of drug-likeness (QED) is 0.667. The number of ether oxygens (including phenoxy) is 2. The number of aromatic nitrogens is 4. The molecule has 1 aliphatic rings.